The Morgan fingerprint density at radius 2 is 1.78 bits per heavy atom. The molecule has 0 saturated carbocycles. The van der Waals surface area contributed by atoms with Crippen molar-refractivity contribution in [3.05, 3.63) is 53.0 Å². The van der Waals surface area contributed by atoms with Crippen LogP contribution in [0.4, 0.5) is 4.39 Å². The average molecular weight is 398 g/mol. The van der Waals surface area contributed by atoms with Crippen molar-refractivity contribution >= 4 is 21.9 Å². The predicted octanol–water partition coefficient (Wildman–Crippen LogP) is 1.70. The summed E-state index contributed by atoms with van der Waals surface area (Å²) < 4.78 is 43.5. The third kappa shape index (κ3) is 4.72. The first kappa shape index (κ1) is 20.6. The molecular weight excluding hydrogens is 379 g/mol. The maximum absolute atomic E-state index is 13.0. The Bertz CT molecular complexity index is 950. The molecule has 2 rings (SSSR count). The van der Waals surface area contributed by atoms with Crippen LogP contribution in [-0.2, 0) is 21.4 Å². The first-order valence-corrected chi connectivity index (χ1v) is 9.25. The van der Waals surface area contributed by atoms with E-state index in [9.17, 15) is 22.4 Å². The molecule has 0 spiro atoms. The molecule has 0 atom stereocenters. The molecule has 0 aliphatic rings. The number of hydrogen-bond donors (Lipinski definition) is 1. The molecule has 8 nitrogen and oxygen atoms in total. The highest BCUT2D eigenvalue weighted by molar-refractivity contribution is 7.88. The van der Waals surface area contributed by atoms with Gasteiger partial charge in [-0.25, -0.2) is 17.1 Å². The number of carboxylic acid groups (broad SMARTS) is 1. The summed E-state index contributed by atoms with van der Waals surface area (Å²) in [6, 6.07) is 6.34. The smallest absolute Gasteiger partial charge is 0.323 e. The lowest BCUT2D eigenvalue weighted by Gasteiger charge is -2.20. The number of nitrogens with zero attached hydrogens (tertiary/aromatic N) is 2. The van der Waals surface area contributed by atoms with Crippen LogP contribution in [0.2, 0.25) is 0 Å². The monoisotopic (exact) mass is 398 g/mol. The first-order valence-electron chi connectivity index (χ1n) is 7.81. The second-order valence-corrected chi connectivity index (χ2v) is 8.09. The minimum absolute atomic E-state index is 0.0509. The molecule has 10 heteroatoms. The van der Waals surface area contributed by atoms with Gasteiger partial charge < -0.3 is 14.4 Å². The molecule has 2 aromatic rings. The molecule has 1 amide bonds. The van der Waals surface area contributed by atoms with Gasteiger partial charge in [0.05, 0.1) is 5.56 Å². The average Bonchev–Trinajstić information content (AvgIpc) is 2.97. The van der Waals surface area contributed by atoms with Gasteiger partial charge >= 0.3 is 5.97 Å². The SMILES string of the molecule is Cc1oc(S(=O)(=O)N(C)C)cc1C(=O)N(CC(=O)O)Cc1ccc(F)cc1. The summed E-state index contributed by atoms with van der Waals surface area (Å²) in [7, 11) is -1.25. The zero-order valence-corrected chi connectivity index (χ0v) is 15.8. The number of aliphatic carboxylic acids is 1. The Morgan fingerprint density at radius 1 is 1.19 bits per heavy atom. The lowest BCUT2D eigenvalue weighted by molar-refractivity contribution is -0.137. The van der Waals surface area contributed by atoms with Crippen LogP contribution < -0.4 is 0 Å². The van der Waals surface area contributed by atoms with Crippen molar-refractivity contribution in [3.63, 3.8) is 0 Å². The molecule has 146 valence electrons. The van der Waals surface area contributed by atoms with E-state index in [2.05, 4.69) is 0 Å². The summed E-state index contributed by atoms with van der Waals surface area (Å²) in [5.74, 6) is -2.36. The van der Waals surface area contributed by atoms with E-state index < -0.39 is 39.4 Å². The van der Waals surface area contributed by atoms with Crippen molar-refractivity contribution in [3.8, 4) is 0 Å². The van der Waals surface area contributed by atoms with Crippen LogP contribution in [0.15, 0.2) is 39.8 Å². The first-order chi connectivity index (χ1) is 12.5. The molecule has 27 heavy (non-hydrogen) atoms. The van der Waals surface area contributed by atoms with Crippen molar-refractivity contribution in [1.29, 1.82) is 0 Å². The van der Waals surface area contributed by atoms with Crippen molar-refractivity contribution < 1.29 is 31.9 Å². The number of carbonyl (C=O) groups is 2. The van der Waals surface area contributed by atoms with Crippen LogP contribution in [0.25, 0.3) is 0 Å². The Labute approximate surface area is 155 Å². The van der Waals surface area contributed by atoms with Crippen molar-refractivity contribution in [2.45, 2.75) is 18.6 Å². The number of carboxylic acids is 1. The number of aryl methyl sites for hydroxylation is 1. The minimum atomic E-state index is -3.89. The van der Waals surface area contributed by atoms with E-state index in [1.807, 2.05) is 0 Å². The number of rotatable bonds is 7. The van der Waals surface area contributed by atoms with E-state index >= 15 is 0 Å². The molecular formula is C17H19FN2O6S. The summed E-state index contributed by atoms with van der Waals surface area (Å²) in [5.41, 5.74) is 0.465. The fourth-order valence-corrected chi connectivity index (χ4v) is 3.17. The lowest BCUT2D eigenvalue weighted by Crippen LogP contribution is -2.35. The van der Waals surface area contributed by atoms with Gasteiger partial charge in [0, 0.05) is 26.7 Å². The maximum Gasteiger partial charge on any atom is 0.323 e. The molecule has 0 aliphatic heterocycles. The second-order valence-electron chi connectivity index (χ2n) is 6.00. The molecule has 1 aromatic heterocycles. The second kappa shape index (κ2) is 7.89. The number of amides is 1. The maximum atomic E-state index is 13.0. The van der Waals surface area contributed by atoms with Gasteiger partial charge in [-0.15, -0.1) is 0 Å². The van der Waals surface area contributed by atoms with Crippen molar-refractivity contribution in [2.24, 2.45) is 0 Å². The molecule has 0 radical (unpaired) electrons. The van der Waals surface area contributed by atoms with E-state index in [1.54, 1.807) is 0 Å². The van der Waals surface area contributed by atoms with Gasteiger partial charge in [-0.3, -0.25) is 9.59 Å². The third-order valence-electron chi connectivity index (χ3n) is 3.76. The molecule has 0 fully saturated rings. The lowest BCUT2D eigenvalue weighted by atomic mass is 10.1. The number of benzene rings is 1. The van der Waals surface area contributed by atoms with Gasteiger partial charge in [0.15, 0.2) is 0 Å². The Hall–Kier alpha value is -2.72. The number of furan rings is 1. The van der Waals surface area contributed by atoms with Crippen molar-refractivity contribution in [2.75, 3.05) is 20.6 Å². The summed E-state index contributed by atoms with van der Waals surface area (Å²) >= 11 is 0. The Morgan fingerprint density at radius 3 is 2.30 bits per heavy atom. The van der Waals surface area contributed by atoms with Crippen LogP contribution in [0.1, 0.15) is 21.7 Å². The topological polar surface area (TPSA) is 108 Å². The van der Waals surface area contributed by atoms with Crippen LogP contribution in [0.5, 0.6) is 0 Å². The van der Waals surface area contributed by atoms with Gasteiger partial charge in [0.25, 0.3) is 15.9 Å². The Balaban J connectivity index is 2.36. The van der Waals surface area contributed by atoms with E-state index in [-0.39, 0.29) is 17.9 Å². The number of halogens is 1. The van der Waals surface area contributed by atoms with E-state index in [0.29, 0.717) is 5.56 Å². The Kier molecular flexibility index (Phi) is 6.01. The highest BCUT2D eigenvalue weighted by Gasteiger charge is 2.28. The van der Waals surface area contributed by atoms with Crippen LogP contribution in [0, 0.1) is 12.7 Å². The van der Waals surface area contributed by atoms with Gasteiger partial charge in [0.2, 0.25) is 5.09 Å². The number of sulfonamides is 1. The molecule has 0 bridgehead atoms. The van der Waals surface area contributed by atoms with E-state index in [4.69, 9.17) is 9.52 Å². The van der Waals surface area contributed by atoms with Gasteiger partial charge in [-0.1, -0.05) is 12.1 Å². The molecule has 0 unspecified atom stereocenters. The van der Waals surface area contributed by atoms with Crippen molar-refractivity contribution in [1.82, 2.24) is 9.21 Å². The number of hydrogen-bond acceptors (Lipinski definition) is 5. The largest absolute Gasteiger partial charge is 0.480 e. The zero-order valence-electron chi connectivity index (χ0n) is 15.0. The van der Waals surface area contributed by atoms with Crippen LogP contribution in [0.3, 0.4) is 0 Å². The molecule has 1 N–H and O–H groups in total. The minimum Gasteiger partial charge on any atom is -0.480 e. The van der Waals surface area contributed by atoms with Crippen LogP contribution in [-0.4, -0.2) is 55.2 Å². The van der Waals surface area contributed by atoms with Gasteiger partial charge in [-0.05, 0) is 24.6 Å². The zero-order chi connectivity index (χ0) is 20.4. The molecule has 1 heterocycles. The number of carbonyl (C=O) groups excluding carboxylic acids is 1. The molecule has 0 saturated heterocycles. The predicted molar refractivity (Wildman–Crippen MR) is 93.1 cm³/mol. The molecule has 1 aromatic carbocycles. The highest BCUT2D eigenvalue weighted by Crippen LogP contribution is 2.23. The summed E-state index contributed by atoms with van der Waals surface area (Å²) in [5, 5.41) is 8.69. The normalized spacial score (nSPS) is 11.6. The summed E-state index contributed by atoms with van der Waals surface area (Å²) in [6.07, 6.45) is 0. The fraction of sp³-hybridized carbons (Fsp3) is 0.294. The van der Waals surface area contributed by atoms with E-state index in [1.165, 1.54) is 45.3 Å². The van der Waals surface area contributed by atoms with Gasteiger partial charge in [-0.2, -0.15) is 0 Å². The highest BCUT2D eigenvalue weighted by atomic mass is 32.2. The quantitative estimate of drug-likeness (QED) is 0.761. The summed E-state index contributed by atoms with van der Waals surface area (Å²) in [6.45, 7) is 0.709. The fourth-order valence-electron chi connectivity index (χ4n) is 2.32. The summed E-state index contributed by atoms with van der Waals surface area (Å²) in [4.78, 5) is 25.0. The third-order valence-corrected chi connectivity index (χ3v) is 5.43. The van der Waals surface area contributed by atoms with E-state index in [0.717, 1.165) is 15.3 Å². The standard InChI is InChI=1S/C17H19FN2O6S/c1-11-14(8-16(26-11)27(24,25)19(2)3)17(23)20(10-15(21)22)9-12-4-6-13(18)7-5-12/h4-8H,9-10H2,1-3H3,(H,21,22). The van der Waals surface area contributed by atoms with Crippen LogP contribution >= 0.6 is 0 Å². The molecule has 0 aliphatic carbocycles. The van der Waals surface area contributed by atoms with Gasteiger partial charge in [0.1, 0.15) is 18.1 Å².